The molecule has 1 aliphatic rings. The van der Waals surface area contributed by atoms with Gasteiger partial charge in [0, 0.05) is 18.8 Å². The maximum Gasteiger partial charge on any atom is 0.264 e. The first-order valence-corrected chi connectivity index (χ1v) is 10.7. The highest BCUT2D eigenvalue weighted by atomic mass is 32.2. The SMILES string of the molecule is O=C(COc1ccccc1)NC(=S)Nc1ccc(S(=O)(=O)N2CCCC2)cc1. The van der Waals surface area contributed by atoms with Crippen LogP contribution in [0.4, 0.5) is 5.69 Å². The molecule has 1 heterocycles. The van der Waals surface area contributed by atoms with Crippen LogP contribution in [0, 0.1) is 0 Å². The number of benzene rings is 2. The molecule has 0 radical (unpaired) electrons. The molecule has 0 saturated carbocycles. The molecule has 1 aliphatic heterocycles. The molecule has 1 amide bonds. The van der Waals surface area contributed by atoms with Crippen LogP contribution in [-0.2, 0) is 14.8 Å². The van der Waals surface area contributed by atoms with Gasteiger partial charge in [0.1, 0.15) is 5.75 Å². The third-order valence-electron chi connectivity index (χ3n) is 4.18. The summed E-state index contributed by atoms with van der Waals surface area (Å²) >= 11 is 5.11. The van der Waals surface area contributed by atoms with E-state index in [0.29, 0.717) is 24.5 Å². The van der Waals surface area contributed by atoms with Crippen molar-refractivity contribution in [2.75, 3.05) is 25.0 Å². The van der Waals surface area contributed by atoms with Gasteiger partial charge in [0.15, 0.2) is 11.7 Å². The second-order valence-corrected chi connectivity index (χ2v) is 8.59. The number of nitrogens with zero attached hydrogens (tertiary/aromatic N) is 1. The van der Waals surface area contributed by atoms with E-state index in [1.54, 1.807) is 24.3 Å². The summed E-state index contributed by atoms with van der Waals surface area (Å²) in [6.45, 7) is 0.950. The predicted octanol–water partition coefficient (Wildman–Crippen LogP) is 2.36. The molecular formula is C19H21N3O4S2. The molecular weight excluding hydrogens is 398 g/mol. The van der Waals surface area contributed by atoms with Crippen LogP contribution < -0.4 is 15.4 Å². The van der Waals surface area contributed by atoms with E-state index < -0.39 is 15.9 Å². The number of rotatable bonds is 6. The van der Waals surface area contributed by atoms with E-state index in [-0.39, 0.29) is 16.6 Å². The molecule has 28 heavy (non-hydrogen) atoms. The molecule has 0 bridgehead atoms. The average Bonchev–Trinajstić information content (AvgIpc) is 3.23. The minimum atomic E-state index is -3.45. The van der Waals surface area contributed by atoms with Gasteiger partial charge in [-0.3, -0.25) is 10.1 Å². The van der Waals surface area contributed by atoms with Gasteiger partial charge < -0.3 is 10.1 Å². The number of carbonyl (C=O) groups excluding carboxylic acids is 1. The second kappa shape index (κ2) is 9.13. The molecule has 0 spiro atoms. The zero-order chi connectivity index (χ0) is 20.0. The van der Waals surface area contributed by atoms with Crippen molar-refractivity contribution in [3.63, 3.8) is 0 Å². The second-order valence-electron chi connectivity index (χ2n) is 6.24. The summed E-state index contributed by atoms with van der Waals surface area (Å²) in [4.78, 5) is 12.1. The summed E-state index contributed by atoms with van der Waals surface area (Å²) < 4.78 is 31.9. The monoisotopic (exact) mass is 419 g/mol. The van der Waals surface area contributed by atoms with Crippen molar-refractivity contribution in [1.82, 2.24) is 9.62 Å². The smallest absolute Gasteiger partial charge is 0.264 e. The third kappa shape index (κ3) is 5.28. The van der Waals surface area contributed by atoms with Crippen LogP contribution >= 0.6 is 12.2 Å². The van der Waals surface area contributed by atoms with Crippen molar-refractivity contribution in [2.45, 2.75) is 17.7 Å². The summed E-state index contributed by atoms with van der Waals surface area (Å²) in [6, 6.07) is 15.3. The van der Waals surface area contributed by atoms with Gasteiger partial charge in [-0.1, -0.05) is 18.2 Å². The molecule has 2 N–H and O–H groups in total. The molecule has 9 heteroatoms. The van der Waals surface area contributed by atoms with Gasteiger partial charge in [-0.2, -0.15) is 4.31 Å². The molecule has 148 valence electrons. The fourth-order valence-electron chi connectivity index (χ4n) is 2.78. The van der Waals surface area contributed by atoms with Crippen molar-refractivity contribution in [3.8, 4) is 5.75 Å². The Morgan fingerprint density at radius 1 is 1.04 bits per heavy atom. The number of anilines is 1. The minimum Gasteiger partial charge on any atom is -0.484 e. The Morgan fingerprint density at radius 2 is 1.68 bits per heavy atom. The number of thiocarbonyl (C=S) groups is 1. The molecule has 0 aromatic heterocycles. The Balaban J connectivity index is 1.50. The van der Waals surface area contributed by atoms with Gasteiger partial charge in [-0.05, 0) is 61.5 Å². The molecule has 2 aromatic carbocycles. The maximum atomic E-state index is 12.5. The first-order valence-electron chi connectivity index (χ1n) is 8.84. The van der Waals surface area contributed by atoms with Crippen LogP contribution in [0.15, 0.2) is 59.5 Å². The fraction of sp³-hybridized carbons (Fsp3) is 0.263. The van der Waals surface area contributed by atoms with Crippen LogP contribution in [0.25, 0.3) is 0 Å². The third-order valence-corrected chi connectivity index (χ3v) is 6.30. The summed E-state index contributed by atoms with van der Waals surface area (Å²) in [5, 5.41) is 5.48. The van der Waals surface area contributed by atoms with Crippen LogP contribution in [0.3, 0.4) is 0 Å². The lowest BCUT2D eigenvalue weighted by atomic mass is 10.3. The number of para-hydroxylation sites is 1. The normalized spacial score (nSPS) is 14.4. The van der Waals surface area contributed by atoms with Crippen LogP contribution in [0.1, 0.15) is 12.8 Å². The van der Waals surface area contributed by atoms with Gasteiger partial charge in [0.2, 0.25) is 10.0 Å². The van der Waals surface area contributed by atoms with Crippen molar-refractivity contribution >= 4 is 38.9 Å². The van der Waals surface area contributed by atoms with Crippen molar-refractivity contribution in [3.05, 3.63) is 54.6 Å². The highest BCUT2D eigenvalue weighted by molar-refractivity contribution is 7.89. The lowest BCUT2D eigenvalue weighted by molar-refractivity contribution is -0.121. The Morgan fingerprint density at radius 3 is 2.32 bits per heavy atom. The minimum absolute atomic E-state index is 0.108. The zero-order valence-corrected chi connectivity index (χ0v) is 16.8. The molecule has 0 unspecified atom stereocenters. The van der Waals surface area contributed by atoms with Crippen molar-refractivity contribution in [1.29, 1.82) is 0 Å². The van der Waals surface area contributed by atoms with E-state index in [1.165, 1.54) is 16.4 Å². The quantitative estimate of drug-likeness (QED) is 0.699. The predicted molar refractivity (Wildman–Crippen MR) is 111 cm³/mol. The Kier molecular flexibility index (Phi) is 6.61. The van der Waals surface area contributed by atoms with Crippen molar-refractivity contribution < 1.29 is 17.9 Å². The Labute approximate surface area is 169 Å². The topological polar surface area (TPSA) is 87.7 Å². The zero-order valence-electron chi connectivity index (χ0n) is 15.1. The van der Waals surface area contributed by atoms with E-state index in [2.05, 4.69) is 10.6 Å². The highest BCUT2D eigenvalue weighted by Crippen LogP contribution is 2.22. The number of ether oxygens (including phenoxy) is 1. The largest absolute Gasteiger partial charge is 0.484 e. The lowest BCUT2D eigenvalue weighted by Crippen LogP contribution is -2.37. The van der Waals surface area contributed by atoms with E-state index in [1.807, 2.05) is 18.2 Å². The van der Waals surface area contributed by atoms with Gasteiger partial charge in [-0.15, -0.1) is 0 Å². The number of hydrogen-bond donors (Lipinski definition) is 2. The van der Waals surface area contributed by atoms with E-state index in [0.717, 1.165) is 12.8 Å². The molecule has 0 aliphatic carbocycles. The molecule has 7 nitrogen and oxygen atoms in total. The van der Waals surface area contributed by atoms with E-state index in [4.69, 9.17) is 17.0 Å². The van der Waals surface area contributed by atoms with Crippen LogP contribution in [0.5, 0.6) is 5.75 Å². The van der Waals surface area contributed by atoms with Crippen LogP contribution in [0.2, 0.25) is 0 Å². The lowest BCUT2D eigenvalue weighted by Gasteiger charge is -2.16. The molecule has 2 aromatic rings. The molecule has 1 saturated heterocycles. The number of sulfonamides is 1. The van der Waals surface area contributed by atoms with Gasteiger partial charge in [-0.25, -0.2) is 8.42 Å². The Bertz CT molecular complexity index is 925. The number of nitrogens with one attached hydrogen (secondary N) is 2. The molecule has 3 rings (SSSR count). The first-order chi connectivity index (χ1) is 13.4. The maximum absolute atomic E-state index is 12.5. The van der Waals surface area contributed by atoms with Crippen LogP contribution in [-0.4, -0.2) is 43.4 Å². The highest BCUT2D eigenvalue weighted by Gasteiger charge is 2.26. The Hall–Kier alpha value is -2.49. The van der Waals surface area contributed by atoms with Gasteiger partial charge in [0.25, 0.3) is 5.91 Å². The fourth-order valence-corrected chi connectivity index (χ4v) is 4.53. The number of carbonyl (C=O) groups is 1. The summed E-state index contributed by atoms with van der Waals surface area (Å²) in [5.74, 6) is 0.195. The van der Waals surface area contributed by atoms with Gasteiger partial charge in [0.05, 0.1) is 4.90 Å². The summed E-state index contributed by atoms with van der Waals surface area (Å²) in [6.07, 6.45) is 1.78. The van der Waals surface area contributed by atoms with E-state index >= 15 is 0 Å². The van der Waals surface area contributed by atoms with Crippen molar-refractivity contribution in [2.24, 2.45) is 0 Å². The number of hydrogen-bond acceptors (Lipinski definition) is 5. The average molecular weight is 420 g/mol. The summed E-state index contributed by atoms with van der Waals surface area (Å²) in [7, 11) is -3.45. The van der Waals surface area contributed by atoms with E-state index in [9.17, 15) is 13.2 Å². The number of amides is 1. The molecule has 0 atom stereocenters. The molecule has 1 fully saturated rings. The summed E-state index contributed by atoms with van der Waals surface area (Å²) in [5.41, 5.74) is 0.578. The van der Waals surface area contributed by atoms with Gasteiger partial charge >= 0.3 is 0 Å². The first kappa shape index (κ1) is 20.2. The standard InChI is InChI=1S/C19H21N3O4S2/c23-18(14-26-16-6-2-1-3-7-16)21-19(27)20-15-8-10-17(11-9-15)28(24,25)22-12-4-5-13-22/h1-3,6-11H,4-5,12-14H2,(H2,20,21,23,27).